The van der Waals surface area contributed by atoms with Crippen molar-refractivity contribution < 1.29 is 0 Å². The van der Waals surface area contributed by atoms with E-state index in [4.69, 9.17) is 28.9 Å². The zero-order valence-electron chi connectivity index (χ0n) is 14.0. The van der Waals surface area contributed by atoms with Crippen molar-refractivity contribution in [2.24, 2.45) is 10.5 Å². The molecular formula is C20H21ClN2S. The van der Waals surface area contributed by atoms with Crippen molar-refractivity contribution in [1.29, 1.82) is 0 Å². The molecule has 0 fully saturated rings. The second-order valence-corrected chi connectivity index (χ2v) is 7.17. The van der Waals surface area contributed by atoms with E-state index in [-0.39, 0.29) is 5.41 Å². The van der Waals surface area contributed by atoms with Gasteiger partial charge in [-0.15, -0.1) is 0 Å². The molecule has 2 aromatic rings. The van der Waals surface area contributed by atoms with E-state index in [1.807, 2.05) is 59.6 Å². The van der Waals surface area contributed by atoms with Gasteiger partial charge in [-0.25, -0.2) is 5.01 Å². The lowest BCUT2D eigenvalue weighted by Gasteiger charge is -2.27. The molecule has 124 valence electrons. The van der Waals surface area contributed by atoms with Gasteiger partial charge in [0.2, 0.25) is 0 Å². The molecule has 1 aliphatic rings. The summed E-state index contributed by atoms with van der Waals surface area (Å²) in [7, 11) is 0. The summed E-state index contributed by atoms with van der Waals surface area (Å²) >= 11 is 11.9. The van der Waals surface area contributed by atoms with E-state index in [1.165, 1.54) is 0 Å². The van der Waals surface area contributed by atoms with Gasteiger partial charge in [-0.3, -0.25) is 0 Å². The van der Waals surface area contributed by atoms with Crippen LogP contribution in [0.2, 0.25) is 5.02 Å². The number of halogens is 1. The number of thiocarbonyl (C=S) groups is 1. The number of hydrogen-bond donors (Lipinski definition) is 0. The zero-order valence-corrected chi connectivity index (χ0v) is 15.6. The van der Waals surface area contributed by atoms with Crippen LogP contribution >= 0.6 is 23.8 Å². The third-order valence-electron chi connectivity index (χ3n) is 4.54. The molecule has 24 heavy (non-hydrogen) atoms. The minimum absolute atomic E-state index is 0.241. The average molecular weight is 357 g/mol. The van der Waals surface area contributed by atoms with Crippen molar-refractivity contribution in [3.8, 4) is 0 Å². The number of nitrogens with zero attached hydrogens (tertiary/aromatic N) is 2. The molecule has 2 aromatic carbocycles. The lowest BCUT2D eigenvalue weighted by atomic mass is 9.78. The third kappa shape index (κ3) is 3.11. The van der Waals surface area contributed by atoms with Crippen LogP contribution in [0.1, 0.15) is 38.7 Å². The van der Waals surface area contributed by atoms with Crippen molar-refractivity contribution in [1.82, 2.24) is 0 Å². The summed E-state index contributed by atoms with van der Waals surface area (Å²) in [4.78, 5) is 0.868. The summed E-state index contributed by atoms with van der Waals surface area (Å²) in [5.74, 6) is 0. The highest BCUT2D eigenvalue weighted by atomic mass is 35.5. The van der Waals surface area contributed by atoms with Crippen molar-refractivity contribution in [3.63, 3.8) is 0 Å². The predicted octanol–water partition coefficient (Wildman–Crippen LogP) is 6.09. The van der Waals surface area contributed by atoms with E-state index < -0.39 is 0 Å². The normalized spacial score (nSPS) is 20.4. The van der Waals surface area contributed by atoms with Gasteiger partial charge < -0.3 is 0 Å². The third-order valence-corrected chi connectivity index (χ3v) is 5.41. The van der Waals surface area contributed by atoms with E-state index in [9.17, 15) is 0 Å². The van der Waals surface area contributed by atoms with Crippen LogP contribution in [0.25, 0.3) is 0 Å². The molecule has 0 spiro atoms. The van der Waals surface area contributed by atoms with Crippen LogP contribution in [0.15, 0.2) is 59.7 Å². The number of anilines is 1. The summed E-state index contributed by atoms with van der Waals surface area (Å²) < 4.78 is 0. The Balaban J connectivity index is 2.06. The molecule has 2 nitrogen and oxygen atoms in total. The molecule has 1 heterocycles. The zero-order chi connectivity index (χ0) is 17.2. The van der Waals surface area contributed by atoms with Crippen LogP contribution in [0.3, 0.4) is 0 Å². The Morgan fingerprint density at radius 2 is 1.75 bits per heavy atom. The van der Waals surface area contributed by atoms with Gasteiger partial charge >= 0.3 is 0 Å². The van der Waals surface area contributed by atoms with Gasteiger partial charge in [0.05, 0.1) is 16.8 Å². The van der Waals surface area contributed by atoms with Crippen molar-refractivity contribution in [2.75, 3.05) is 5.01 Å². The smallest absolute Gasteiger partial charge is 0.117 e. The topological polar surface area (TPSA) is 15.6 Å². The molecule has 0 bridgehead atoms. The molecule has 1 aliphatic heterocycles. The lowest BCUT2D eigenvalue weighted by molar-refractivity contribution is 0.551. The summed E-state index contributed by atoms with van der Waals surface area (Å²) in [5.41, 5.74) is 2.88. The highest BCUT2D eigenvalue weighted by molar-refractivity contribution is 7.80. The minimum atomic E-state index is -0.241. The maximum atomic E-state index is 6.05. The number of rotatable bonds is 5. The largest absolute Gasteiger partial charge is 0.226 e. The molecule has 0 aliphatic carbocycles. The van der Waals surface area contributed by atoms with Gasteiger partial charge in [0.15, 0.2) is 0 Å². The molecule has 0 N–H and O–H groups in total. The lowest BCUT2D eigenvalue weighted by Crippen LogP contribution is -2.36. The molecule has 0 saturated carbocycles. The van der Waals surface area contributed by atoms with E-state index >= 15 is 0 Å². The summed E-state index contributed by atoms with van der Waals surface area (Å²) in [5, 5.41) is 7.55. The van der Waals surface area contributed by atoms with E-state index in [2.05, 4.69) is 13.8 Å². The molecule has 0 saturated heterocycles. The second kappa shape index (κ2) is 7.04. The van der Waals surface area contributed by atoms with Gasteiger partial charge in [0.25, 0.3) is 0 Å². The predicted molar refractivity (Wildman–Crippen MR) is 107 cm³/mol. The maximum Gasteiger partial charge on any atom is 0.117 e. The Morgan fingerprint density at radius 1 is 1.08 bits per heavy atom. The fourth-order valence-electron chi connectivity index (χ4n) is 3.07. The number of para-hydroxylation sites is 1. The number of benzene rings is 2. The number of hydrazone groups is 1. The number of hydrogen-bond acceptors (Lipinski definition) is 2. The summed E-state index contributed by atoms with van der Waals surface area (Å²) in [6.07, 6.45) is 3.25. The van der Waals surface area contributed by atoms with Crippen LogP contribution in [-0.2, 0) is 0 Å². The first-order valence-electron chi connectivity index (χ1n) is 8.31. The van der Waals surface area contributed by atoms with Gasteiger partial charge in [-0.2, -0.15) is 5.10 Å². The average Bonchev–Trinajstić information content (AvgIpc) is 2.87. The number of unbranched alkanes of at least 4 members (excludes halogenated alkanes) is 1. The molecule has 3 rings (SSSR count). The van der Waals surface area contributed by atoms with E-state index in [0.717, 1.165) is 46.2 Å². The monoisotopic (exact) mass is 356 g/mol. The van der Waals surface area contributed by atoms with Crippen LogP contribution in [0.4, 0.5) is 5.69 Å². The molecule has 1 unspecified atom stereocenters. The Morgan fingerprint density at radius 3 is 2.38 bits per heavy atom. The van der Waals surface area contributed by atoms with Crippen molar-refractivity contribution in [2.45, 2.75) is 33.1 Å². The Hall–Kier alpha value is -1.71. The molecule has 0 radical (unpaired) electrons. The molecule has 0 aromatic heterocycles. The van der Waals surface area contributed by atoms with Gasteiger partial charge in [0.1, 0.15) is 4.99 Å². The van der Waals surface area contributed by atoms with Crippen molar-refractivity contribution in [3.05, 3.63) is 65.2 Å². The van der Waals surface area contributed by atoms with E-state index in [0.29, 0.717) is 0 Å². The SMILES string of the molecule is CCCCC1(C)C(=S)N(c2ccccc2)N=C1c1ccc(Cl)cc1. The van der Waals surface area contributed by atoms with Crippen molar-refractivity contribution >= 4 is 40.2 Å². The highest BCUT2D eigenvalue weighted by Crippen LogP contribution is 2.40. The molecule has 0 amide bonds. The first-order chi connectivity index (χ1) is 11.6. The molecule has 4 heteroatoms. The quantitative estimate of drug-likeness (QED) is 0.602. The van der Waals surface area contributed by atoms with Crippen LogP contribution < -0.4 is 5.01 Å². The van der Waals surface area contributed by atoms with Crippen LogP contribution in [-0.4, -0.2) is 10.7 Å². The van der Waals surface area contributed by atoms with Gasteiger partial charge in [-0.1, -0.05) is 73.9 Å². The van der Waals surface area contributed by atoms with Gasteiger partial charge in [-0.05, 0) is 43.2 Å². The molecule has 1 atom stereocenters. The standard InChI is InChI=1S/C20H21ClN2S/c1-3-4-14-20(2)18(15-10-12-16(21)13-11-15)22-23(19(20)24)17-8-6-5-7-9-17/h5-13H,3-4,14H2,1-2H3. The Labute approximate surface area is 154 Å². The second-order valence-electron chi connectivity index (χ2n) is 6.34. The van der Waals surface area contributed by atoms with Crippen LogP contribution in [0, 0.1) is 5.41 Å². The van der Waals surface area contributed by atoms with Gasteiger partial charge in [0, 0.05) is 5.02 Å². The Kier molecular flexibility index (Phi) is 5.02. The molecular weight excluding hydrogens is 336 g/mol. The minimum Gasteiger partial charge on any atom is -0.226 e. The first kappa shape index (κ1) is 17.1. The highest BCUT2D eigenvalue weighted by Gasteiger charge is 2.44. The maximum absolute atomic E-state index is 6.05. The first-order valence-corrected chi connectivity index (χ1v) is 9.09. The fraction of sp³-hybridized carbons (Fsp3) is 0.300. The summed E-state index contributed by atoms with van der Waals surface area (Å²) in [6, 6.07) is 18.0. The fourth-order valence-corrected chi connectivity index (χ4v) is 3.55. The summed E-state index contributed by atoms with van der Waals surface area (Å²) in [6.45, 7) is 4.41. The van der Waals surface area contributed by atoms with E-state index in [1.54, 1.807) is 0 Å². The van der Waals surface area contributed by atoms with Crippen LogP contribution in [0.5, 0.6) is 0 Å². The Bertz CT molecular complexity index is 755.